The van der Waals surface area contributed by atoms with Gasteiger partial charge in [-0.15, -0.1) is 0 Å². The van der Waals surface area contributed by atoms with E-state index in [1.165, 1.54) is 11.8 Å². The zero-order valence-electron chi connectivity index (χ0n) is 13.4. The highest BCUT2D eigenvalue weighted by atomic mass is 32.2. The molecule has 5 heteroatoms. The van der Waals surface area contributed by atoms with Crippen molar-refractivity contribution in [1.82, 2.24) is 9.80 Å². The largest absolute Gasteiger partial charge is 0.341 e. The number of carbonyl (C=O) groups excluding carboxylic acids is 2. The van der Waals surface area contributed by atoms with Gasteiger partial charge in [0, 0.05) is 50.8 Å². The van der Waals surface area contributed by atoms with Crippen LogP contribution in [0.25, 0.3) is 0 Å². The Hall–Kier alpha value is -0.550. The van der Waals surface area contributed by atoms with Crippen LogP contribution < -0.4 is 0 Å². The highest BCUT2D eigenvalue weighted by Gasteiger charge is 2.30. The van der Waals surface area contributed by atoms with Gasteiger partial charge in [0.2, 0.25) is 5.91 Å². The third-order valence-electron chi connectivity index (χ3n) is 3.77. The summed E-state index contributed by atoms with van der Waals surface area (Å²) in [6.07, 6.45) is 0.601. The minimum atomic E-state index is 0.140. The zero-order valence-corrected chi connectivity index (χ0v) is 14.2. The molecule has 0 aliphatic carbocycles. The Morgan fingerprint density at radius 2 is 1.95 bits per heavy atom. The molecule has 0 bridgehead atoms. The SMILES string of the molecule is CC(=O)SCC1CC(=O)N(CCN(C(C)C)C(C)C)C1. The van der Waals surface area contributed by atoms with Crippen LogP contribution in [0.5, 0.6) is 0 Å². The van der Waals surface area contributed by atoms with Crippen molar-refractivity contribution >= 4 is 22.8 Å². The van der Waals surface area contributed by atoms with Gasteiger partial charge in [-0.05, 0) is 33.6 Å². The number of carbonyl (C=O) groups is 2. The lowest BCUT2D eigenvalue weighted by atomic mass is 10.1. The van der Waals surface area contributed by atoms with Gasteiger partial charge < -0.3 is 4.90 Å². The molecule has 20 heavy (non-hydrogen) atoms. The maximum Gasteiger partial charge on any atom is 0.222 e. The molecule has 1 aliphatic heterocycles. The van der Waals surface area contributed by atoms with Crippen molar-refractivity contribution in [1.29, 1.82) is 0 Å². The second kappa shape index (κ2) is 8.03. The zero-order chi connectivity index (χ0) is 15.3. The van der Waals surface area contributed by atoms with Gasteiger partial charge in [-0.1, -0.05) is 11.8 Å². The molecule has 0 spiro atoms. The molecule has 1 fully saturated rings. The summed E-state index contributed by atoms with van der Waals surface area (Å²) in [5, 5.41) is 0.140. The first-order valence-corrected chi connectivity index (χ1v) is 8.46. The van der Waals surface area contributed by atoms with Crippen LogP contribution in [0.2, 0.25) is 0 Å². The molecule has 116 valence electrons. The third kappa shape index (κ3) is 5.44. The number of likely N-dealkylation sites (tertiary alicyclic amines) is 1. The second-order valence-corrected chi connectivity index (χ2v) is 7.33. The highest BCUT2D eigenvalue weighted by Crippen LogP contribution is 2.22. The van der Waals surface area contributed by atoms with Crippen molar-refractivity contribution in [2.45, 2.75) is 53.1 Å². The topological polar surface area (TPSA) is 40.6 Å². The van der Waals surface area contributed by atoms with Gasteiger partial charge in [0.05, 0.1) is 0 Å². The Kier molecular flexibility index (Phi) is 7.03. The van der Waals surface area contributed by atoms with Crippen LogP contribution in [0.1, 0.15) is 41.0 Å². The van der Waals surface area contributed by atoms with Crippen molar-refractivity contribution in [3.8, 4) is 0 Å². The molecule has 0 radical (unpaired) electrons. The number of amides is 1. The standard InChI is InChI=1S/C15H28N2O2S/c1-11(2)17(12(3)4)7-6-16-9-14(8-15(16)19)10-20-13(5)18/h11-12,14H,6-10H2,1-5H3. The van der Waals surface area contributed by atoms with E-state index in [9.17, 15) is 9.59 Å². The van der Waals surface area contributed by atoms with Crippen LogP contribution in [0.15, 0.2) is 0 Å². The number of rotatable bonds is 7. The van der Waals surface area contributed by atoms with E-state index in [1.54, 1.807) is 6.92 Å². The minimum Gasteiger partial charge on any atom is -0.341 e. The average molecular weight is 300 g/mol. The molecule has 0 aromatic carbocycles. The monoisotopic (exact) mass is 300 g/mol. The van der Waals surface area contributed by atoms with Gasteiger partial charge in [-0.3, -0.25) is 14.5 Å². The van der Waals surface area contributed by atoms with Gasteiger partial charge in [0.25, 0.3) is 0 Å². The molecule has 1 unspecified atom stereocenters. The first-order chi connectivity index (χ1) is 9.31. The molecule has 0 aromatic heterocycles. The van der Waals surface area contributed by atoms with Gasteiger partial charge in [0.15, 0.2) is 5.12 Å². The predicted octanol–water partition coefficient (Wildman–Crippen LogP) is 2.23. The fourth-order valence-electron chi connectivity index (χ4n) is 2.77. The third-order valence-corrected chi connectivity index (χ3v) is 4.82. The van der Waals surface area contributed by atoms with E-state index < -0.39 is 0 Å². The summed E-state index contributed by atoms with van der Waals surface area (Å²) in [5.41, 5.74) is 0. The Bertz CT molecular complexity index is 337. The molecule has 4 nitrogen and oxygen atoms in total. The van der Waals surface area contributed by atoms with E-state index in [0.717, 1.165) is 25.4 Å². The summed E-state index contributed by atoms with van der Waals surface area (Å²) in [4.78, 5) is 27.4. The Morgan fingerprint density at radius 3 is 2.45 bits per heavy atom. The van der Waals surface area contributed by atoms with E-state index in [4.69, 9.17) is 0 Å². The van der Waals surface area contributed by atoms with E-state index in [0.29, 0.717) is 24.4 Å². The average Bonchev–Trinajstić information content (AvgIpc) is 2.67. The molecule has 1 heterocycles. The molecule has 0 saturated carbocycles. The fraction of sp³-hybridized carbons (Fsp3) is 0.867. The molecule has 0 aromatic rings. The Morgan fingerprint density at radius 1 is 1.35 bits per heavy atom. The molecular weight excluding hydrogens is 272 g/mol. The van der Waals surface area contributed by atoms with Crippen LogP contribution >= 0.6 is 11.8 Å². The smallest absolute Gasteiger partial charge is 0.222 e. The summed E-state index contributed by atoms with van der Waals surface area (Å²) in [5.74, 6) is 1.35. The number of hydrogen-bond acceptors (Lipinski definition) is 4. The lowest BCUT2D eigenvalue weighted by Gasteiger charge is -2.32. The normalized spacial score (nSPS) is 19.7. The van der Waals surface area contributed by atoms with E-state index in [2.05, 4.69) is 32.6 Å². The summed E-state index contributed by atoms with van der Waals surface area (Å²) < 4.78 is 0. The lowest BCUT2D eigenvalue weighted by Crippen LogP contribution is -2.43. The van der Waals surface area contributed by atoms with Crippen molar-refractivity contribution < 1.29 is 9.59 Å². The molecule has 1 saturated heterocycles. The van der Waals surface area contributed by atoms with Crippen molar-refractivity contribution in [3.63, 3.8) is 0 Å². The van der Waals surface area contributed by atoms with Gasteiger partial charge in [-0.2, -0.15) is 0 Å². The molecule has 1 aliphatic rings. The second-order valence-electron chi connectivity index (χ2n) is 6.14. The van der Waals surface area contributed by atoms with Gasteiger partial charge in [0.1, 0.15) is 0 Å². The molecular formula is C15H28N2O2S. The van der Waals surface area contributed by atoms with Crippen LogP contribution in [-0.2, 0) is 9.59 Å². The molecule has 0 N–H and O–H groups in total. The first-order valence-electron chi connectivity index (χ1n) is 7.48. The Balaban J connectivity index is 2.41. The summed E-state index contributed by atoms with van der Waals surface area (Å²) in [6, 6.07) is 0.994. The number of thioether (sulfide) groups is 1. The molecule has 1 rings (SSSR count). The highest BCUT2D eigenvalue weighted by molar-refractivity contribution is 8.13. The van der Waals surface area contributed by atoms with E-state index in [1.807, 2.05) is 4.90 Å². The van der Waals surface area contributed by atoms with E-state index >= 15 is 0 Å². The fourth-order valence-corrected chi connectivity index (χ4v) is 3.46. The van der Waals surface area contributed by atoms with Crippen molar-refractivity contribution in [2.75, 3.05) is 25.4 Å². The first kappa shape index (κ1) is 17.5. The van der Waals surface area contributed by atoms with Crippen molar-refractivity contribution in [2.24, 2.45) is 5.92 Å². The van der Waals surface area contributed by atoms with Crippen LogP contribution in [-0.4, -0.2) is 58.3 Å². The van der Waals surface area contributed by atoms with Crippen LogP contribution in [0, 0.1) is 5.92 Å². The number of nitrogens with zero attached hydrogens (tertiary/aromatic N) is 2. The summed E-state index contributed by atoms with van der Waals surface area (Å²) in [7, 11) is 0. The van der Waals surface area contributed by atoms with Crippen LogP contribution in [0.3, 0.4) is 0 Å². The number of hydrogen-bond donors (Lipinski definition) is 0. The van der Waals surface area contributed by atoms with E-state index in [-0.39, 0.29) is 11.0 Å². The quantitative estimate of drug-likeness (QED) is 0.723. The summed E-state index contributed by atoms with van der Waals surface area (Å²) >= 11 is 1.34. The summed E-state index contributed by atoms with van der Waals surface area (Å²) in [6.45, 7) is 12.9. The molecule has 1 amide bonds. The van der Waals surface area contributed by atoms with Crippen molar-refractivity contribution in [3.05, 3.63) is 0 Å². The van der Waals surface area contributed by atoms with Gasteiger partial charge >= 0.3 is 0 Å². The van der Waals surface area contributed by atoms with Gasteiger partial charge in [-0.25, -0.2) is 0 Å². The lowest BCUT2D eigenvalue weighted by molar-refractivity contribution is -0.128. The Labute approximate surface area is 127 Å². The van der Waals surface area contributed by atoms with Crippen LogP contribution in [0.4, 0.5) is 0 Å². The maximum absolute atomic E-state index is 12.0. The maximum atomic E-state index is 12.0. The minimum absolute atomic E-state index is 0.140. The predicted molar refractivity (Wildman–Crippen MR) is 84.8 cm³/mol. The molecule has 1 atom stereocenters.